The van der Waals surface area contributed by atoms with E-state index in [-0.39, 0.29) is 24.0 Å². The molecule has 0 fully saturated rings. The molecule has 1 aliphatic carbocycles. The van der Waals surface area contributed by atoms with Gasteiger partial charge in [0.05, 0.1) is 5.69 Å². The molecule has 0 saturated carbocycles. The van der Waals surface area contributed by atoms with Gasteiger partial charge in [-0.1, -0.05) is 60.1 Å². The number of fused-ring (bicyclic) bond motifs is 3. The molecule has 27 heavy (non-hydrogen) atoms. The zero-order valence-corrected chi connectivity index (χ0v) is 15.5. The molecule has 0 aliphatic heterocycles. The summed E-state index contributed by atoms with van der Waals surface area (Å²) in [4.78, 5) is 12.3. The van der Waals surface area contributed by atoms with E-state index >= 15 is 0 Å². The quantitative estimate of drug-likeness (QED) is 0.572. The third-order valence-electron chi connectivity index (χ3n) is 4.86. The van der Waals surface area contributed by atoms with Crippen molar-refractivity contribution >= 4 is 23.4 Å². The van der Waals surface area contributed by atoms with Crippen LogP contribution in [-0.4, -0.2) is 17.8 Å². The summed E-state index contributed by atoms with van der Waals surface area (Å²) in [7, 11) is 0. The molecule has 0 spiro atoms. The molecule has 0 unspecified atom stereocenters. The minimum atomic E-state index is -0.632. The fraction of sp³-hybridized carbons (Fsp3) is 0.136. The molecule has 4 rings (SSSR count). The van der Waals surface area contributed by atoms with Gasteiger partial charge in [-0.2, -0.15) is 0 Å². The maximum absolute atomic E-state index is 12.3. The summed E-state index contributed by atoms with van der Waals surface area (Å²) in [5.74, 6) is -0.0660. The van der Waals surface area contributed by atoms with E-state index in [1.54, 1.807) is 6.92 Å². The van der Waals surface area contributed by atoms with Gasteiger partial charge in [0.25, 0.3) is 0 Å². The number of carbonyl (C=O) groups is 1. The summed E-state index contributed by atoms with van der Waals surface area (Å²) in [6.07, 6.45) is -0.632. The molecule has 1 amide bonds. The molecule has 136 valence electrons. The maximum atomic E-state index is 12.3. The minimum Gasteiger partial charge on any atom is -0.506 e. The average molecular weight is 380 g/mol. The number of ether oxygens (including phenoxy) is 1. The monoisotopic (exact) mass is 379 g/mol. The smallest absolute Gasteiger partial charge is 0.411 e. The van der Waals surface area contributed by atoms with Gasteiger partial charge in [0.15, 0.2) is 0 Å². The van der Waals surface area contributed by atoms with Crippen LogP contribution in [0.25, 0.3) is 11.1 Å². The number of halogens is 1. The van der Waals surface area contributed by atoms with E-state index in [0.717, 1.165) is 16.7 Å². The summed E-state index contributed by atoms with van der Waals surface area (Å²) in [6.45, 7) is 1.99. The van der Waals surface area contributed by atoms with Crippen LogP contribution >= 0.6 is 11.6 Å². The van der Waals surface area contributed by atoms with Crippen LogP contribution in [0.3, 0.4) is 0 Å². The third-order valence-corrected chi connectivity index (χ3v) is 5.26. The largest absolute Gasteiger partial charge is 0.506 e. The van der Waals surface area contributed by atoms with Crippen molar-refractivity contribution in [2.75, 3.05) is 11.9 Å². The number of amides is 1. The minimum absolute atomic E-state index is 0.0154. The van der Waals surface area contributed by atoms with Gasteiger partial charge >= 0.3 is 6.09 Å². The summed E-state index contributed by atoms with van der Waals surface area (Å²) in [5.41, 5.74) is 5.59. The van der Waals surface area contributed by atoms with E-state index < -0.39 is 6.09 Å². The Morgan fingerprint density at radius 2 is 1.67 bits per heavy atom. The maximum Gasteiger partial charge on any atom is 0.411 e. The summed E-state index contributed by atoms with van der Waals surface area (Å²) < 4.78 is 5.46. The van der Waals surface area contributed by atoms with Gasteiger partial charge in [0.2, 0.25) is 0 Å². The van der Waals surface area contributed by atoms with E-state index in [1.807, 2.05) is 24.3 Å². The first kappa shape index (κ1) is 17.4. The first-order valence-corrected chi connectivity index (χ1v) is 9.03. The van der Waals surface area contributed by atoms with Crippen LogP contribution in [0.5, 0.6) is 5.75 Å². The highest BCUT2D eigenvalue weighted by Gasteiger charge is 2.29. The number of aromatic hydroxyl groups is 1. The second-order valence-corrected chi connectivity index (χ2v) is 6.98. The molecule has 3 aromatic carbocycles. The summed E-state index contributed by atoms with van der Waals surface area (Å²) in [5, 5.41) is 13.0. The molecular weight excluding hydrogens is 362 g/mol. The van der Waals surface area contributed by atoms with Gasteiger partial charge in [-0.25, -0.2) is 4.79 Å². The van der Waals surface area contributed by atoms with E-state index in [1.165, 1.54) is 23.3 Å². The predicted molar refractivity (Wildman–Crippen MR) is 107 cm³/mol. The number of nitrogens with one attached hydrogen (secondary N) is 1. The van der Waals surface area contributed by atoms with Crippen molar-refractivity contribution in [1.82, 2.24) is 0 Å². The zero-order valence-electron chi connectivity index (χ0n) is 14.7. The molecule has 5 heteroatoms. The SMILES string of the molecule is Cc1cc(O)c(NC(=O)OCC2c3ccccc3-c3ccccc32)cc1Cl. The van der Waals surface area contributed by atoms with E-state index in [0.29, 0.717) is 5.02 Å². The standard InChI is InChI=1S/C22H18ClNO3/c1-13-10-21(25)20(11-19(13)23)24-22(26)27-12-18-16-8-4-2-6-14(16)15-7-3-5-9-17(15)18/h2-11,18,25H,12H2,1H3,(H,24,26). The van der Waals surface area contributed by atoms with Crippen molar-refractivity contribution in [3.05, 3.63) is 82.4 Å². The van der Waals surface area contributed by atoms with Crippen molar-refractivity contribution < 1.29 is 14.6 Å². The molecule has 3 aromatic rings. The van der Waals surface area contributed by atoms with E-state index in [9.17, 15) is 9.90 Å². The summed E-state index contributed by atoms with van der Waals surface area (Å²) >= 11 is 6.06. The number of aryl methyl sites for hydroxylation is 1. The Balaban J connectivity index is 1.51. The highest BCUT2D eigenvalue weighted by molar-refractivity contribution is 6.31. The number of rotatable bonds is 3. The van der Waals surface area contributed by atoms with Gasteiger partial charge in [-0.05, 0) is 46.9 Å². The summed E-state index contributed by atoms with van der Waals surface area (Å²) in [6, 6.07) is 19.3. The lowest BCUT2D eigenvalue weighted by Crippen LogP contribution is -2.18. The molecule has 0 aromatic heterocycles. The van der Waals surface area contributed by atoms with Crippen molar-refractivity contribution in [2.24, 2.45) is 0 Å². The fourth-order valence-electron chi connectivity index (χ4n) is 3.51. The highest BCUT2D eigenvalue weighted by atomic mass is 35.5. The van der Waals surface area contributed by atoms with Gasteiger partial charge in [0.1, 0.15) is 12.4 Å². The van der Waals surface area contributed by atoms with Crippen LogP contribution in [0.4, 0.5) is 10.5 Å². The Morgan fingerprint density at radius 3 is 2.30 bits per heavy atom. The number of benzene rings is 3. The lowest BCUT2D eigenvalue weighted by atomic mass is 9.98. The van der Waals surface area contributed by atoms with Crippen LogP contribution < -0.4 is 5.32 Å². The number of phenolic OH excluding ortho intramolecular Hbond substituents is 1. The average Bonchev–Trinajstić information content (AvgIpc) is 2.98. The van der Waals surface area contributed by atoms with E-state index in [2.05, 4.69) is 29.6 Å². The number of phenols is 1. The van der Waals surface area contributed by atoms with Gasteiger partial charge in [-0.3, -0.25) is 5.32 Å². The van der Waals surface area contributed by atoms with Crippen LogP contribution in [0.15, 0.2) is 60.7 Å². The van der Waals surface area contributed by atoms with Crippen molar-refractivity contribution in [3.8, 4) is 16.9 Å². The number of carbonyl (C=O) groups excluding carboxylic acids is 1. The zero-order chi connectivity index (χ0) is 19.0. The molecule has 2 N–H and O–H groups in total. The predicted octanol–water partition coefficient (Wildman–Crippen LogP) is 5.72. The normalized spacial score (nSPS) is 12.4. The number of hydrogen-bond donors (Lipinski definition) is 2. The van der Waals surface area contributed by atoms with Crippen LogP contribution in [-0.2, 0) is 4.74 Å². The lowest BCUT2D eigenvalue weighted by molar-refractivity contribution is 0.158. The molecule has 1 aliphatic rings. The van der Waals surface area contributed by atoms with Gasteiger partial charge in [-0.15, -0.1) is 0 Å². The third kappa shape index (κ3) is 3.24. The molecule has 0 atom stereocenters. The van der Waals surface area contributed by atoms with Gasteiger partial charge in [0, 0.05) is 10.9 Å². The second-order valence-electron chi connectivity index (χ2n) is 6.57. The Bertz CT molecular complexity index is 986. The van der Waals surface area contributed by atoms with Gasteiger partial charge < -0.3 is 9.84 Å². The molecule has 0 saturated heterocycles. The molecule has 0 radical (unpaired) electrons. The molecular formula is C22H18ClNO3. The van der Waals surface area contributed by atoms with Crippen molar-refractivity contribution in [2.45, 2.75) is 12.8 Å². The topological polar surface area (TPSA) is 58.6 Å². The van der Waals surface area contributed by atoms with Crippen molar-refractivity contribution in [3.63, 3.8) is 0 Å². The molecule has 0 bridgehead atoms. The van der Waals surface area contributed by atoms with Crippen LogP contribution in [0.2, 0.25) is 5.02 Å². The number of hydrogen-bond acceptors (Lipinski definition) is 3. The molecule has 0 heterocycles. The van der Waals surface area contributed by atoms with Crippen LogP contribution in [0, 0.1) is 6.92 Å². The first-order valence-electron chi connectivity index (χ1n) is 8.65. The Hall–Kier alpha value is -2.98. The lowest BCUT2D eigenvalue weighted by Gasteiger charge is -2.15. The van der Waals surface area contributed by atoms with E-state index in [4.69, 9.17) is 16.3 Å². The fourth-order valence-corrected chi connectivity index (χ4v) is 3.67. The highest BCUT2D eigenvalue weighted by Crippen LogP contribution is 2.44. The second kappa shape index (κ2) is 6.97. The molecule has 4 nitrogen and oxygen atoms in total. The van der Waals surface area contributed by atoms with Crippen LogP contribution in [0.1, 0.15) is 22.6 Å². The Morgan fingerprint density at radius 1 is 1.07 bits per heavy atom. The number of anilines is 1. The first-order chi connectivity index (χ1) is 13.0. The Kier molecular flexibility index (Phi) is 4.50. The Labute approximate surface area is 162 Å². The van der Waals surface area contributed by atoms with Crippen molar-refractivity contribution in [1.29, 1.82) is 0 Å².